The molecule has 0 unspecified atom stereocenters. The predicted octanol–water partition coefficient (Wildman–Crippen LogP) is 6.09. The summed E-state index contributed by atoms with van der Waals surface area (Å²) in [5.41, 5.74) is 9.69. The van der Waals surface area contributed by atoms with Gasteiger partial charge >= 0.3 is 26.2 Å². The molecular weight excluding hydrogens is 695 g/mol. The topological polar surface area (TPSA) is 0 Å². The van der Waals surface area contributed by atoms with Crippen LogP contribution in [0.4, 0.5) is 0 Å². The Bertz CT molecular complexity index is 1830. The summed E-state index contributed by atoms with van der Waals surface area (Å²) in [5, 5.41) is 7.05. The molecule has 236 valence electrons. The van der Waals surface area contributed by atoms with Gasteiger partial charge < -0.3 is 24.8 Å². The van der Waals surface area contributed by atoms with Gasteiger partial charge in [0.2, 0.25) is 0 Å². The van der Waals surface area contributed by atoms with E-state index >= 15 is 0 Å². The molecule has 4 heteroatoms. The van der Waals surface area contributed by atoms with Crippen molar-refractivity contribution in [3.8, 4) is 22.3 Å². The van der Waals surface area contributed by atoms with Crippen LogP contribution in [0.5, 0.6) is 0 Å². The van der Waals surface area contributed by atoms with Crippen LogP contribution < -0.4 is 30.0 Å². The molecule has 6 aromatic rings. The summed E-state index contributed by atoms with van der Waals surface area (Å²) in [4.78, 5) is 0. The number of benzene rings is 4. The molecule has 0 amide bonds. The second-order valence-corrected chi connectivity index (χ2v) is 19.1. The van der Waals surface area contributed by atoms with Gasteiger partial charge in [-0.3, -0.25) is 0 Å². The number of hydrogen-bond donors (Lipinski definition) is 0. The third-order valence-electron chi connectivity index (χ3n) is 9.44. The quantitative estimate of drug-likeness (QED) is 0.148. The third-order valence-corrected chi connectivity index (χ3v) is 11.5. The zero-order valence-electron chi connectivity index (χ0n) is 28.1. The molecule has 7 rings (SSSR count). The van der Waals surface area contributed by atoms with Crippen LogP contribution in [-0.4, -0.2) is 8.07 Å². The Balaban J connectivity index is 0.000000237. The molecule has 1 aliphatic rings. The summed E-state index contributed by atoms with van der Waals surface area (Å²) in [6.45, 7) is 13.8. The fourth-order valence-electron chi connectivity index (χ4n) is 6.84. The Morgan fingerprint density at radius 2 is 1.15 bits per heavy atom. The molecule has 1 saturated carbocycles. The van der Waals surface area contributed by atoms with Crippen LogP contribution in [0, 0.1) is 6.92 Å². The van der Waals surface area contributed by atoms with Gasteiger partial charge in [-0.2, -0.15) is 12.1 Å². The maximum atomic E-state index is 2.46. The van der Waals surface area contributed by atoms with Gasteiger partial charge in [-0.1, -0.05) is 130 Å². The molecule has 0 heterocycles. The molecule has 0 spiro atoms. The standard InChI is InChI=1S/C23H25.C19H21Si.2ClH.Zr/c1-16(2)17-10-12-19(13-11-17)22-9-5-8-20-14-21(15-23(20)22)18-6-3-4-7-18;1-14-12-16-6-5-7-18(19(16)13-14)15-8-10-17(11-9-15)20(2,3)4;;;/h5,8-16,18H,3-4,6-7H2,1-2H3;5-13H,1-4H3;2*1H;/q2*-1;;;+4/p-2. The maximum absolute atomic E-state index is 2.46. The van der Waals surface area contributed by atoms with Crippen molar-refractivity contribution in [3.63, 3.8) is 0 Å². The first-order chi connectivity index (χ1) is 20.7. The summed E-state index contributed by atoms with van der Waals surface area (Å²) in [6, 6.07) is 41.1. The van der Waals surface area contributed by atoms with Crippen LogP contribution in [-0.2, 0) is 26.2 Å². The Morgan fingerprint density at radius 1 is 0.652 bits per heavy atom. The zero-order chi connectivity index (χ0) is 30.1. The molecule has 0 saturated heterocycles. The normalized spacial score (nSPS) is 13.1. The van der Waals surface area contributed by atoms with Crippen molar-refractivity contribution < 1.29 is 51.0 Å². The smallest absolute Gasteiger partial charge is 1.00 e. The average Bonchev–Trinajstić information content (AvgIpc) is 3.76. The van der Waals surface area contributed by atoms with E-state index in [1.165, 1.54) is 85.8 Å². The monoisotopic (exact) mass is 738 g/mol. The predicted molar refractivity (Wildman–Crippen MR) is 193 cm³/mol. The minimum absolute atomic E-state index is 0. The van der Waals surface area contributed by atoms with Gasteiger partial charge in [-0.05, 0) is 41.4 Å². The number of hydrogen-bond acceptors (Lipinski definition) is 0. The molecule has 0 atom stereocenters. The first-order valence-electron chi connectivity index (χ1n) is 16.2. The van der Waals surface area contributed by atoms with Gasteiger partial charge in [0.15, 0.2) is 0 Å². The molecule has 46 heavy (non-hydrogen) atoms. The van der Waals surface area contributed by atoms with Crippen LogP contribution in [0.1, 0.15) is 68.1 Å². The Hall–Kier alpha value is -2.22. The van der Waals surface area contributed by atoms with E-state index in [0.717, 1.165) is 5.92 Å². The maximum Gasteiger partial charge on any atom is 4.00 e. The van der Waals surface area contributed by atoms with Crippen molar-refractivity contribution in [2.24, 2.45) is 0 Å². The summed E-state index contributed by atoms with van der Waals surface area (Å²) < 4.78 is 0. The van der Waals surface area contributed by atoms with Crippen LogP contribution in [0.25, 0.3) is 43.8 Å². The second-order valence-electron chi connectivity index (χ2n) is 14.0. The molecule has 1 aliphatic carbocycles. The fourth-order valence-corrected chi connectivity index (χ4v) is 8.00. The molecule has 1 fully saturated rings. The van der Waals surface area contributed by atoms with E-state index in [1.54, 1.807) is 5.56 Å². The minimum atomic E-state index is -1.21. The van der Waals surface area contributed by atoms with Crippen molar-refractivity contribution in [2.75, 3.05) is 0 Å². The van der Waals surface area contributed by atoms with E-state index in [-0.39, 0.29) is 51.0 Å². The molecular formula is C42H46Cl2SiZr. The second kappa shape index (κ2) is 16.3. The number of halogens is 2. The molecule has 0 nitrogen and oxygen atoms in total. The number of fused-ring (bicyclic) bond motifs is 2. The van der Waals surface area contributed by atoms with Crippen molar-refractivity contribution in [1.82, 2.24) is 0 Å². The largest absolute Gasteiger partial charge is 4.00 e. The molecule has 0 bridgehead atoms. The molecule has 6 aromatic carbocycles. The van der Waals surface area contributed by atoms with E-state index in [1.807, 2.05) is 0 Å². The van der Waals surface area contributed by atoms with Crippen LogP contribution in [0.15, 0.2) is 109 Å². The molecule has 0 aromatic heterocycles. The van der Waals surface area contributed by atoms with Gasteiger partial charge in [-0.15, -0.1) is 69.1 Å². The summed E-state index contributed by atoms with van der Waals surface area (Å²) >= 11 is 0. The Kier molecular flexibility index (Phi) is 13.5. The van der Waals surface area contributed by atoms with E-state index in [4.69, 9.17) is 0 Å². The van der Waals surface area contributed by atoms with E-state index in [9.17, 15) is 0 Å². The van der Waals surface area contributed by atoms with Crippen LogP contribution >= 0.6 is 0 Å². The summed E-state index contributed by atoms with van der Waals surface area (Å²) in [5.74, 6) is 1.38. The van der Waals surface area contributed by atoms with E-state index in [0.29, 0.717) is 5.92 Å². The van der Waals surface area contributed by atoms with Crippen LogP contribution in [0.3, 0.4) is 0 Å². The fraction of sp³-hybridized carbons (Fsp3) is 0.286. The minimum Gasteiger partial charge on any atom is -1.00 e. The first-order valence-corrected chi connectivity index (χ1v) is 19.7. The van der Waals surface area contributed by atoms with E-state index in [2.05, 4.69) is 150 Å². The van der Waals surface area contributed by atoms with Crippen molar-refractivity contribution in [2.45, 2.75) is 77.9 Å². The van der Waals surface area contributed by atoms with Gasteiger partial charge in [0.05, 0.1) is 8.07 Å². The van der Waals surface area contributed by atoms with Crippen LogP contribution in [0.2, 0.25) is 19.6 Å². The first kappa shape index (κ1) is 38.2. The van der Waals surface area contributed by atoms with Gasteiger partial charge in [0.1, 0.15) is 0 Å². The summed E-state index contributed by atoms with van der Waals surface area (Å²) in [7, 11) is -1.21. The van der Waals surface area contributed by atoms with E-state index < -0.39 is 8.07 Å². The van der Waals surface area contributed by atoms with Gasteiger partial charge in [0, 0.05) is 0 Å². The van der Waals surface area contributed by atoms with Crippen molar-refractivity contribution in [3.05, 3.63) is 126 Å². The molecule has 0 radical (unpaired) electrons. The third kappa shape index (κ3) is 8.43. The van der Waals surface area contributed by atoms with Gasteiger partial charge in [-0.25, -0.2) is 0 Å². The average molecular weight is 741 g/mol. The van der Waals surface area contributed by atoms with Gasteiger partial charge in [0.25, 0.3) is 0 Å². The number of rotatable bonds is 5. The van der Waals surface area contributed by atoms with Crippen molar-refractivity contribution in [1.29, 1.82) is 0 Å². The Labute approximate surface area is 309 Å². The number of aryl methyl sites for hydroxylation is 1. The zero-order valence-corrected chi connectivity index (χ0v) is 33.1. The molecule has 0 N–H and O–H groups in total. The SMILES string of the molecule is CC(C)c1ccc(-c2cccc3[cH-]c(C4CCCC4)cc23)cc1.Cc1cc2c(-c3ccc([Si](C)(C)C)cc3)cccc2[cH-]1.[Cl-].[Cl-].[Zr+4]. The summed E-state index contributed by atoms with van der Waals surface area (Å²) in [6.07, 6.45) is 5.54. The Morgan fingerprint density at radius 3 is 1.67 bits per heavy atom. The van der Waals surface area contributed by atoms with Crippen molar-refractivity contribution >= 4 is 34.8 Å². The molecule has 0 aliphatic heterocycles.